The molecule has 0 saturated carbocycles. The molecule has 0 bridgehead atoms. The summed E-state index contributed by atoms with van der Waals surface area (Å²) < 4.78 is 38.2. The van der Waals surface area contributed by atoms with Gasteiger partial charge >= 0.3 is 6.18 Å². The Kier molecular flexibility index (Phi) is 6.56. The van der Waals surface area contributed by atoms with Crippen LogP contribution >= 0.6 is 0 Å². The van der Waals surface area contributed by atoms with Crippen LogP contribution in [0.15, 0.2) is 24.3 Å². The maximum atomic E-state index is 12.7. The van der Waals surface area contributed by atoms with E-state index < -0.39 is 17.6 Å². The minimum Gasteiger partial charge on any atom is -0.350 e. The molecule has 0 aliphatic carbocycles. The van der Waals surface area contributed by atoms with Gasteiger partial charge in [0.2, 0.25) is 5.91 Å². The van der Waals surface area contributed by atoms with E-state index in [2.05, 4.69) is 20.9 Å². The van der Waals surface area contributed by atoms with Crippen molar-refractivity contribution in [1.82, 2.24) is 20.9 Å². The molecule has 2 saturated heterocycles. The van der Waals surface area contributed by atoms with Gasteiger partial charge < -0.3 is 16.0 Å². The van der Waals surface area contributed by atoms with Crippen LogP contribution in [-0.2, 0) is 11.0 Å². The van der Waals surface area contributed by atoms with E-state index in [0.717, 1.165) is 57.6 Å². The molecule has 2 aliphatic rings. The average molecular weight is 398 g/mol. The molecule has 0 aromatic heterocycles. The molecule has 28 heavy (non-hydrogen) atoms. The van der Waals surface area contributed by atoms with Crippen LogP contribution in [0.5, 0.6) is 0 Å². The number of benzene rings is 1. The van der Waals surface area contributed by atoms with Crippen molar-refractivity contribution in [3.05, 3.63) is 35.4 Å². The first-order valence-electron chi connectivity index (χ1n) is 9.52. The quantitative estimate of drug-likeness (QED) is 0.701. The molecule has 1 unspecified atom stereocenters. The Bertz CT molecular complexity index is 705. The van der Waals surface area contributed by atoms with E-state index in [1.807, 2.05) is 0 Å². The Morgan fingerprint density at radius 2 is 1.93 bits per heavy atom. The third kappa shape index (κ3) is 5.45. The standard InChI is InChI=1S/C19H25F3N4O2/c20-19(21,22)14-3-1-2-13(10-14)18(28)24-11-17(27)25-15-6-9-26(12-15)16-4-7-23-8-5-16/h1-3,10,15-16,23H,4-9,11-12H2,(H,24,28)(H,25,27). The third-order valence-corrected chi connectivity index (χ3v) is 5.27. The predicted octanol–water partition coefficient (Wildman–Crippen LogP) is 1.38. The molecular weight excluding hydrogens is 373 g/mol. The summed E-state index contributed by atoms with van der Waals surface area (Å²) >= 11 is 0. The third-order valence-electron chi connectivity index (χ3n) is 5.27. The number of nitrogens with zero attached hydrogens (tertiary/aromatic N) is 1. The largest absolute Gasteiger partial charge is 0.416 e. The van der Waals surface area contributed by atoms with E-state index in [4.69, 9.17) is 0 Å². The molecule has 2 aliphatic heterocycles. The lowest BCUT2D eigenvalue weighted by molar-refractivity contribution is -0.137. The number of piperidine rings is 1. The molecule has 2 amide bonds. The van der Waals surface area contributed by atoms with E-state index in [1.165, 1.54) is 12.1 Å². The summed E-state index contributed by atoms with van der Waals surface area (Å²) in [6.07, 6.45) is -1.45. The Morgan fingerprint density at radius 1 is 1.18 bits per heavy atom. The Balaban J connectivity index is 1.44. The average Bonchev–Trinajstić information content (AvgIpc) is 3.14. The molecule has 2 fully saturated rings. The van der Waals surface area contributed by atoms with Crippen LogP contribution in [0.2, 0.25) is 0 Å². The fourth-order valence-corrected chi connectivity index (χ4v) is 3.79. The monoisotopic (exact) mass is 398 g/mol. The number of nitrogens with one attached hydrogen (secondary N) is 3. The number of rotatable bonds is 5. The van der Waals surface area contributed by atoms with E-state index in [1.54, 1.807) is 0 Å². The van der Waals surface area contributed by atoms with Gasteiger partial charge in [-0.15, -0.1) is 0 Å². The highest BCUT2D eigenvalue weighted by molar-refractivity contribution is 5.96. The van der Waals surface area contributed by atoms with Crippen LogP contribution in [0.3, 0.4) is 0 Å². The first-order valence-corrected chi connectivity index (χ1v) is 9.52. The van der Waals surface area contributed by atoms with Crippen molar-refractivity contribution >= 4 is 11.8 Å². The Morgan fingerprint density at radius 3 is 2.64 bits per heavy atom. The summed E-state index contributed by atoms with van der Waals surface area (Å²) in [7, 11) is 0. The van der Waals surface area contributed by atoms with Gasteiger partial charge in [0.1, 0.15) is 0 Å². The lowest BCUT2D eigenvalue weighted by atomic mass is 10.1. The topological polar surface area (TPSA) is 73.5 Å². The maximum Gasteiger partial charge on any atom is 0.416 e. The Labute approximate surface area is 161 Å². The lowest BCUT2D eigenvalue weighted by Gasteiger charge is -2.31. The van der Waals surface area contributed by atoms with Gasteiger partial charge in [-0.1, -0.05) is 6.07 Å². The van der Waals surface area contributed by atoms with Crippen LogP contribution in [0.1, 0.15) is 35.2 Å². The molecule has 3 rings (SSSR count). The van der Waals surface area contributed by atoms with E-state index >= 15 is 0 Å². The van der Waals surface area contributed by atoms with Gasteiger partial charge in [-0.2, -0.15) is 13.2 Å². The molecule has 1 aromatic rings. The second-order valence-electron chi connectivity index (χ2n) is 7.29. The van der Waals surface area contributed by atoms with Crippen molar-refractivity contribution in [2.24, 2.45) is 0 Å². The first kappa shape index (κ1) is 20.6. The zero-order valence-corrected chi connectivity index (χ0v) is 15.5. The number of amides is 2. The molecule has 0 radical (unpaired) electrons. The van der Waals surface area contributed by atoms with E-state index in [9.17, 15) is 22.8 Å². The molecule has 0 spiro atoms. The number of alkyl halides is 3. The summed E-state index contributed by atoms with van der Waals surface area (Å²) in [6, 6.07) is 4.72. The van der Waals surface area contributed by atoms with Crippen LogP contribution < -0.4 is 16.0 Å². The molecule has 1 atom stereocenters. The molecule has 3 N–H and O–H groups in total. The molecule has 2 heterocycles. The Hall–Kier alpha value is -2.13. The van der Waals surface area contributed by atoms with Gasteiger partial charge in [-0.05, 0) is 50.6 Å². The van der Waals surface area contributed by atoms with Crippen molar-refractivity contribution in [2.45, 2.75) is 37.5 Å². The summed E-state index contributed by atoms with van der Waals surface area (Å²) in [5, 5.41) is 8.62. The van der Waals surface area contributed by atoms with Gasteiger partial charge in [-0.25, -0.2) is 0 Å². The minimum atomic E-state index is -4.52. The van der Waals surface area contributed by atoms with Crippen molar-refractivity contribution in [3.63, 3.8) is 0 Å². The number of likely N-dealkylation sites (tertiary alicyclic amines) is 1. The highest BCUT2D eigenvalue weighted by Crippen LogP contribution is 2.29. The zero-order valence-electron chi connectivity index (χ0n) is 15.5. The van der Waals surface area contributed by atoms with Crippen LogP contribution in [0, 0.1) is 0 Å². The highest BCUT2D eigenvalue weighted by Gasteiger charge is 2.31. The van der Waals surface area contributed by atoms with Crippen molar-refractivity contribution in [2.75, 3.05) is 32.7 Å². The minimum absolute atomic E-state index is 0.0350. The molecular formula is C19H25F3N4O2. The van der Waals surface area contributed by atoms with Crippen molar-refractivity contribution < 1.29 is 22.8 Å². The number of carbonyl (C=O) groups excluding carboxylic acids is 2. The fraction of sp³-hybridized carbons (Fsp3) is 0.579. The number of hydrogen-bond acceptors (Lipinski definition) is 4. The first-order chi connectivity index (χ1) is 13.3. The second-order valence-corrected chi connectivity index (χ2v) is 7.29. The van der Waals surface area contributed by atoms with Crippen LogP contribution in [0.4, 0.5) is 13.2 Å². The van der Waals surface area contributed by atoms with Crippen molar-refractivity contribution in [3.8, 4) is 0 Å². The van der Waals surface area contributed by atoms with Gasteiger partial charge in [-0.3, -0.25) is 14.5 Å². The van der Waals surface area contributed by atoms with Crippen LogP contribution in [-0.4, -0.2) is 61.5 Å². The SMILES string of the molecule is O=C(CNC(=O)c1cccc(C(F)(F)F)c1)NC1CCN(C2CCNCC2)C1. The molecule has 154 valence electrons. The normalized spacial score (nSPS) is 21.5. The highest BCUT2D eigenvalue weighted by atomic mass is 19.4. The van der Waals surface area contributed by atoms with Gasteiger partial charge in [0, 0.05) is 30.7 Å². The van der Waals surface area contributed by atoms with Gasteiger partial charge in [0.05, 0.1) is 12.1 Å². The maximum absolute atomic E-state index is 12.7. The van der Waals surface area contributed by atoms with Gasteiger partial charge in [0.25, 0.3) is 5.91 Å². The summed E-state index contributed by atoms with van der Waals surface area (Å²) in [5.74, 6) is -1.04. The predicted molar refractivity (Wildman–Crippen MR) is 97.8 cm³/mol. The molecule has 9 heteroatoms. The van der Waals surface area contributed by atoms with Crippen LogP contribution in [0.25, 0.3) is 0 Å². The number of carbonyl (C=O) groups is 2. The number of halogens is 3. The van der Waals surface area contributed by atoms with E-state index in [0.29, 0.717) is 6.04 Å². The summed E-state index contributed by atoms with van der Waals surface area (Å²) in [5.41, 5.74) is -1.02. The molecule has 6 nitrogen and oxygen atoms in total. The fourth-order valence-electron chi connectivity index (χ4n) is 3.79. The van der Waals surface area contributed by atoms with Crippen molar-refractivity contribution in [1.29, 1.82) is 0 Å². The molecule has 1 aromatic carbocycles. The smallest absolute Gasteiger partial charge is 0.350 e. The second kappa shape index (κ2) is 8.91. The zero-order chi connectivity index (χ0) is 20.1. The summed E-state index contributed by atoms with van der Waals surface area (Å²) in [4.78, 5) is 26.6. The lowest BCUT2D eigenvalue weighted by Crippen LogP contribution is -2.45. The summed E-state index contributed by atoms with van der Waals surface area (Å²) in [6.45, 7) is 3.49. The van der Waals surface area contributed by atoms with E-state index in [-0.39, 0.29) is 24.1 Å². The number of hydrogen-bond donors (Lipinski definition) is 3. The van der Waals surface area contributed by atoms with Gasteiger partial charge in [0.15, 0.2) is 0 Å².